The molecule has 114 valence electrons. The van der Waals surface area contributed by atoms with Crippen LogP contribution in [0.5, 0.6) is 5.75 Å². The molecule has 0 fully saturated rings. The average Bonchev–Trinajstić information content (AvgIpc) is 2.43. The van der Waals surface area contributed by atoms with Crippen LogP contribution in [0.2, 0.25) is 0 Å². The molecule has 0 spiro atoms. The molecule has 21 heavy (non-hydrogen) atoms. The third-order valence-corrected chi connectivity index (χ3v) is 3.26. The van der Waals surface area contributed by atoms with E-state index < -0.39 is 6.10 Å². The number of aromatic nitrogens is 2. The van der Waals surface area contributed by atoms with E-state index in [4.69, 9.17) is 17.0 Å². The highest BCUT2D eigenvalue weighted by molar-refractivity contribution is 7.71. The van der Waals surface area contributed by atoms with Gasteiger partial charge in [-0.25, -0.2) is 0 Å². The van der Waals surface area contributed by atoms with E-state index in [1.54, 1.807) is 6.20 Å². The Morgan fingerprint density at radius 3 is 2.90 bits per heavy atom. The Kier molecular flexibility index (Phi) is 4.92. The van der Waals surface area contributed by atoms with Crippen molar-refractivity contribution in [1.29, 1.82) is 0 Å². The molecule has 2 rings (SSSR count). The summed E-state index contributed by atoms with van der Waals surface area (Å²) >= 11 is 5.20. The van der Waals surface area contributed by atoms with Gasteiger partial charge in [-0.3, -0.25) is 5.10 Å². The van der Waals surface area contributed by atoms with Crippen molar-refractivity contribution in [1.82, 2.24) is 15.5 Å². The van der Waals surface area contributed by atoms with Gasteiger partial charge in [0.05, 0.1) is 6.20 Å². The summed E-state index contributed by atoms with van der Waals surface area (Å²) in [6.45, 7) is 6.88. The van der Waals surface area contributed by atoms with E-state index >= 15 is 0 Å². The van der Waals surface area contributed by atoms with E-state index in [1.807, 2.05) is 18.2 Å². The average molecular weight is 307 g/mol. The van der Waals surface area contributed by atoms with Crippen LogP contribution in [0.1, 0.15) is 20.8 Å². The summed E-state index contributed by atoms with van der Waals surface area (Å²) in [5.74, 6) is 0.683. The molecule has 3 N–H and O–H groups in total. The SMILES string of the molecule is CC(C)(C)NCC(O)COc1ccc2cn[nH]c(=S)c2c1. The van der Waals surface area contributed by atoms with Crippen LogP contribution in [0.15, 0.2) is 24.4 Å². The molecule has 0 saturated carbocycles. The maximum atomic E-state index is 9.92. The van der Waals surface area contributed by atoms with Crippen molar-refractivity contribution < 1.29 is 9.84 Å². The van der Waals surface area contributed by atoms with E-state index in [0.717, 1.165) is 10.8 Å². The maximum Gasteiger partial charge on any atom is 0.127 e. The van der Waals surface area contributed by atoms with Crippen LogP contribution in [0, 0.1) is 4.64 Å². The van der Waals surface area contributed by atoms with Crippen LogP contribution >= 0.6 is 12.2 Å². The third kappa shape index (κ3) is 4.77. The van der Waals surface area contributed by atoms with E-state index in [2.05, 4.69) is 36.3 Å². The van der Waals surface area contributed by atoms with Crippen molar-refractivity contribution >= 4 is 23.0 Å². The monoisotopic (exact) mass is 307 g/mol. The lowest BCUT2D eigenvalue weighted by Gasteiger charge is -2.23. The number of nitrogens with one attached hydrogen (secondary N) is 2. The minimum absolute atomic E-state index is 0.0238. The number of aromatic amines is 1. The molecule has 0 aliphatic rings. The minimum atomic E-state index is -0.563. The molecule has 0 aliphatic heterocycles. The van der Waals surface area contributed by atoms with Crippen LogP contribution in [0.25, 0.3) is 10.8 Å². The smallest absolute Gasteiger partial charge is 0.127 e. The summed E-state index contributed by atoms with van der Waals surface area (Å²) < 4.78 is 6.20. The molecule has 5 nitrogen and oxygen atoms in total. The number of β-amino-alcohol motifs (C(OH)–C–C–N with tert-alkyl or cyclic N) is 1. The highest BCUT2D eigenvalue weighted by Crippen LogP contribution is 2.20. The number of hydrogen-bond donors (Lipinski definition) is 3. The summed E-state index contributed by atoms with van der Waals surface area (Å²) in [4.78, 5) is 0. The molecule has 0 bridgehead atoms. The molecule has 6 heteroatoms. The normalized spacial score (nSPS) is 13.3. The van der Waals surface area contributed by atoms with Gasteiger partial charge in [-0.05, 0) is 39.0 Å². The molecule has 1 aromatic heterocycles. The molecule has 1 aromatic carbocycles. The first kappa shape index (κ1) is 15.9. The van der Waals surface area contributed by atoms with Gasteiger partial charge in [0.2, 0.25) is 0 Å². The fraction of sp³-hybridized carbons (Fsp3) is 0.467. The largest absolute Gasteiger partial charge is 0.491 e. The predicted octanol–water partition coefficient (Wildman–Crippen LogP) is 2.42. The van der Waals surface area contributed by atoms with E-state index in [9.17, 15) is 5.11 Å². The van der Waals surface area contributed by atoms with Crippen LogP contribution in [0.4, 0.5) is 0 Å². The summed E-state index contributed by atoms with van der Waals surface area (Å²) in [5, 5.41) is 21.7. The second-order valence-electron chi connectivity index (χ2n) is 6.04. The van der Waals surface area contributed by atoms with Gasteiger partial charge in [-0.2, -0.15) is 5.10 Å². The number of aliphatic hydroxyl groups excluding tert-OH is 1. The first-order valence-corrected chi connectivity index (χ1v) is 7.29. The Morgan fingerprint density at radius 1 is 1.43 bits per heavy atom. The first-order chi connectivity index (χ1) is 9.85. The quantitative estimate of drug-likeness (QED) is 0.740. The molecule has 0 aliphatic carbocycles. The first-order valence-electron chi connectivity index (χ1n) is 6.88. The lowest BCUT2D eigenvalue weighted by atomic mass is 10.1. The lowest BCUT2D eigenvalue weighted by molar-refractivity contribution is 0.100. The van der Waals surface area contributed by atoms with Crippen molar-refractivity contribution in [2.75, 3.05) is 13.2 Å². The zero-order valence-electron chi connectivity index (χ0n) is 12.5. The Labute approximate surface area is 129 Å². The van der Waals surface area contributed by atoms with Crippen molar-refractivity contribution in [3.05, 3.63) is 29.0 Å². The van der Waals surface area contributed by atoms with Gasteiger partial charge in [0.15, 0.2) is 0 Å². The third-order valence-electron chi connectivity index (χ3n) is 2.95. The predicted molar refractivity (Wildman–Crippen MR) is 86.2 cm³/mol. The second kappa shape index (κ2) is 6.51. The molecular weight excluding hydrogens is 286 g/mol. The van der Waals surface area contributed by atoms with Gasteiger partial charge in [0.1, 0.15) is 23.1 Å². The number of fused-ring (bicyclic) bond motifs is 1. The number of rotatable bonds is 5. The summed E-state index contributed by atoms with van der Waals surface area (Å²) in [6, 6.07) is 5.61. The van der Waals surface area contributed by atoms with Crippen molar-refractivity contribution in [3.63, 3.8) is 0 Å². The van der Waals surface area contributed by atoms with Gasteiger partial charge >= 0.3 is 0 Å². The molecule has 1 heterocycles. The number of nitrogens with zero attached hydrogens (tertiary/aromatic N) is 1. The summed E-state index contributed by atoms with van der Waals surface area (Å²) in [5.41, 5.74) is -0.0238. The van der Waals surface area contributed by atoms with Crippen LogP contribution in [-0.4, -0.2) is 40.1 Å². The van der Waals surface area contributed by atoms with Gasteiger partial charge in [-0.1, -0.05) is 12.2 Å². The summed E-state index contributed by atoms with van der Waals surface area (Å²) in [6.07, 6.45) is 1.16. The fourth-order valence-corrected chi connectivity index (χ4v) is 2.06. The van der Waals surface area contributed by atoms with Crippen LogP contribution in [0.3, 0.4) is 0 Å². The molecule has 2 aromatic rings. The Morgan fingerprint density at radius 2 is 2.19 bits per heavy atom. The maximum absolute atomic E-state index is 9.92. The highest BCUT2D eigenvalue weighted by atomic mass is 32.1. The van der Waals surface area contributed by atoms with Crippen LogP contribution in [-0.2, 0) is 0 Å². The fourth-order valence-electron chi connectivity index (χ4n) is 1.83. The van der Waals surface area contributed by atoms with Crippen molar-refractivity contribution in [3.8, 4) is 5.75 Å². The number of benzene rings is 1. The Bertz CT molecular complexity index is 664. The van der Waals surface area contributed by atoms with Gasteiger partial charge in [0, 0.05) is 22.9 Å². The zero-order valence-corrected chi connectivity index (χ0v) is 13.3. The Balaban J connectivity index is 1.97. The standard InChI is InChI=1S/C15H21N3O2S/c1-15(2,3)16-8-11(19)9-20-12-5-4-10-7-17-18-14(21)13(10)6-12/h4-7,11,16,19H,8-9H2,1-3H3,(H,18,21). The van der Waals surface area contributed by atoms with Gasteiger partial charge < -0.3 is 15.2 Å². The number of hydrogen-bond acceptors (Lipinski definition) is 5. The topological polar surface area (TPSA) is 70.2 Å². The van der Waals surface area contributed by atoms with E-state index in [0.29, 0.717) is 16.9 Å². The van der Waals surface area contributed by atoms with Crippen molar-refractivity contribution in [2.45, 2.75) is 32.4 Å². The lowest BCUT2D eigenvalue weighted by Crippen LogP contribution is -2.42. The number of ether oxygens (including phenoxy) is 1. The molecule has 0 saturated heterocycles. The van der Waals surface area contributed by atoms with Crippen molar-refractivity contribution in [2.24, 2.45) is 0 Å². The molecule has 0 amide bonds. The number of aliphatic hydroxyl groups is 1. The molecule has 1 unspecified atom stereocenters. The van der Waals surface area contributed by atoms with Gasteiger partial charge in [-0.15, -0.1) is 0 Å². The van der Waals surface area contributed by atoms with E-state index in [-0.39, 0.29) is 12.1 Å². The molecule has 1 atom stereocenters. The second-order valence-corrected chi connectivity index (χ2v) is 6.45. The summed E-state index contributed by atoms with van der Waals surface area (Å²) in [7, 11) is 0. The zero-order chi connectivity index (χ0) is 15.5. The van der Waals surface area contributed by atoms with E-state index in [1.165, 1.54) is 0 Å². The number of H-pyrrole nitrogens is 1. The highest BCUT2D eigenvalue weighted by Gasteiger charge is 2.12. The van der Waals surface area contributed by atoms with Crippen LogP contribution < -0.4 is 10.1 Å². The minimum Gasteiger partial charge on any atom is -0.491 e. The molecular formula is C15H21N3O2S. The molecule has 0 radical (unpaired) electrons. The van der Waals surface area contributed by atoms with Gasteiger partial charge in [0.25, 0.3) is 0 Å². The Hall–Kier alpha value is -1.50.